The molecule has 0 aliphatic carbocycles. The van der Waals surface area contributed by atoms with E-state index < -0.39 is 74.6 Å². The van der Waals surface area contributed by atoms with E-state index in [0.29, 0.717) is 0 Å². The van der Waals surface area contributed by atoms with E-state index >= 15 is 0 Å². The second-order valence-electron chi connectivity index (χ2n) is 5.43. The van der Waals surface area contributed by atoms with Gasteiger partial charge in [0.15, 0.2) is 5.79 Å². The van der Waals surface area contributed by atoms with Gasteiger partial charge in [-0.15, -0.1) is 0 Å². The van der Waals surface area contributed by atoms with Gasteiger partial charge in [0.1, 0.15) is 24.4 Å². The predicted molar refractivity (Wildman–Crippen MR) is 68.1 cm³/mol. The first-order chi connectivity index (χ1) is 10.8. The predicted octanol–water partition coefficient (Wildman–Crippen LogP) is -5.23. The van der Waals surface area contributed by atoms with Crippen LogP contribution >= 0.6 is 0 Å². The molecule has 24 heavy (non-hydrogen) atoms. The molecular formula is C12H21O11Rh-. The molecule has 8 atom stereocenters. The smallest absolute Gasteiger partial charge is 0.194 e. The van der Waals surface area contributed by atoms with Gasteiger partial charge in [0.2, 0.25) is 0 Å². The van der Waals surface area contributed by atoms with Crippen molar-refractivity contribution in [1.82, 2.24) is 0 Å². The van der Waals surface area contributed by atoms with E-state index in [9.17, 15) is 30.6 Å². The van der Waals surface area contributed by atoms with Crippen LogP contribution in [0.4, 0.5) is 0 Å². The second kappa shape index (κ2) is 8.71. The van der Waals surface area contributed by atoms with Crippen LogP contribution in [0.1, 0.15) is 0 Å². The van der Waals surface area contributed by atoms with Gasteiger partial charge in [-0.1, -0.05) is 0 Å². The molecule has 11 nitrogen and oxygen atoms in total. The average molecular weight is 444 g/mol. The Labute approximate surface area is 149 Å². The van der Waals surface area contributed by atoms with Gasteiger partial charge in [0, 0.05) is 25.6 Å². The molecule has 0 amide bonds. The summed E-state index contributed by atoms with van der Waals surface area (Å²) < 4.78 is 15.3. The Morgan fingerprint density at radius 3 is 1.92 bits per heavy atom. The molecule has 0 aromatic rings. The molecule has 2 saturated heterocycles. The fraction of sp³-hybridized carbons (Fsp3) is 0.917. The Morgan fingerprint density at radius 1 is 0.875 bits per heavy atom. The molecule has 2 heterocycles. The first-order valence-electron chi connectivity index (χ1n) is 6.94. The van der Waals surface area contributed by atoms with Crippen LogP contribution in [-0.2, 0) is 33.7 Å². The van der Waals surface area contributed by atoms with Crippen LogP contribution < -0.4 is 0 Å². The van der Waals surface area contributed by atoms with Gasteiger partial charge >= 0.3 is 0 Å². The van der Waals surface area contributed by atoms with Crippen LogP contribution in [0.2, 0.25) is 0 Å². The standard InChI is InChI=1S/C12H21O11.Rh/c13-1-4-6(16)8(18)9(19)11(21-4)23-12(3-15)10(20)7(17)5(2-14)22-12;/h4-10,13-20H,1-3H2;/q-1;/t4-,5-,6-,7-,8+,9-,10+,12?;/m1./s1. The van der Waals surface area contributed by atoms with Crippen LogP contribution in [0.15, 0.2) is 0 Å². The van der Waals surface area contributed by atoms with Crippen LogP contribution in [0, 0.1) is 6.29 Å². The molecule has 145 valence electrons. The number of hydrogen-bond donors (Lipinski definition) is 8. The van der Waals surface area contributed by atoms with Gasteiger partial charge in [-0.25, -0.2) is 0 Å². The van der Waals surface area contributed by atoms with Gasteiger partial charge in [-0.05, 0) is 6.29 Å². The minimum absolute atomic E-state index is 0. The number of aliphatic hydroxyl groups is 8. The summed E-state index contributed by atoms with van der Waals surface area (Å²) >= 11 is 0. The molecule has 2 rings (SSSR count). The topological polar surface area (TPSA) is 190 Å². The number of hydrogen-bond acceptors (Lipinski definition) is 11. The summed E-state index contributed by atoms with van der Waals surface area (Å²) in [5.41, 5.74) is 0. The van der Waals surface area contributed by atoms with E-state index in [0.717, 1.165) is 0 Å². The molecule has 12 heteroatoms. The normalized spacial score (nSPS) is 46.8. The van der Waals surface area contributed by atoms with Crippen molar-refractivity contribution in [2.24, 2.45) is 0 Å². The maximum absolute atomic E-state index is 9.98. The maximum Gasteiger partial charge on any atom is 0.194 e. The van der Waals surface area contributed by atoms with Crippen LogP contribution in [0.25, 0.3) is 0 Å². The second-order valence-corrected chi connectivity index (χ2v) is 5.43. The number of aliphatic hydroxyl groups excluding tert-OH is 8. The number of rotatable bonds is 5. The van der Waals surface area contributed by atoms with Crippen LogP contribution in [0.5, 0.6) is 0 Å². The maximum atomic E-state index is 9.98. The zero-order valence-corrected chi connectivity index (χ0v) is 13.9. The van der Waals surface area contributed by atoms with Crippen molar-refractivity contribution in [1.29, 1.82) is 0 Å². The van der Waals surface area contributed by atoms with Gasteiger partial charge in [-0.3, -0.25) is 0 Å². The summed E-state index contributed by atoms with van der Waals surface area (Å²) in [6, 6.07) is 0. The SMILES string of the molecule is OC[C@H]1OC(CO)(O[C-]2O[C@H](CO)[C@@H](O)[C@H](O)[C@H]2O)[C@@H](O)[C@@H]1O.[Rh]. The van der Waals surface area contributed by atoms with E-state index in [1.54, 1.807) is 0 Å². The molecule has 1 unspecified atom stereocenters. The van der Waals surface area contributed by atoms with Crippen molar-refractivity contribution >= 4 is 0 Å². The molecule has 8 N–H and O–H groups in total. The summed E-state index contributed by atoms with van der Waals surface area (Å²) in [4.78, 5) is 0. The van der Waals surface area contributed by atoms with Gasteiger partial charge in [0.05, 0.1) is 32.0 Å². The van der Waals surface area contributed by atoms with E-state index in [-0.39, 0.29) is 19.5 Å². The monoisotopic (exact) mass is 444 g/mol. The minimum Gasteiger partial charge on any atom is -0.513 e. The van der Waals surface area contributed by atoms with Crippen LogP contribution in [0.3, 0.4) is 0 Å². The Hall–Kier alpha value is 0.183. The van der Waals surface area contributed by atoms with Crippen molar-refractivity contribution in [2.75, 3.05) is 19.8 Å². The first kappa shape index (κ1) is 22.2. The molecular weight excluding hydrogens is 423 g/mol. The van der Waals surface area contributed by atoms with E-state index in [2.05, 4.69) is 0 Å². The molecule has 0 bridgehead atoms. The summed E-state index contributed by atoms with van der Waals surface area (Å²) in [7, 11) is 0. The quantitative estimate of drug-likeness (QED) is 0.149. The molecule has 0 aromatic heterocycles. The largest absolute Gasteiger partial charge is 0.513 e. The molecule has 2 fully saturated rings. The Kier molecular flexibility index (Phi) is 8.07. The number of ether oxygens (including phenoxy) is 3. The average Bonchev–Trinajstić information content (AvgIpc) is 2.80. The summed E-state index contributed by atoms with van der Waals surface area (Å²) in [6.07, 6.45) is -11.9. The molecule has 2 aliphatic heterocycles. The van der Waals surface area contributed by atoms with Crippen molar-refractivity contribution < 1.29 is 74.5 Å². The third kappa shape index (κ3) is 3.80. The molecule has 0 aromatic carbocycles. The van der Waals surface area contributed by atoms with Gasteiger partial charge < -0.3 is 55.1 Å². The van der Waals surface area contributed by atoms with Crippen molar-refractivity contribution in [3.8, 4) is 0 Å². The first-order valence-corrected chi connectivity index (χ1v) is 6.94. The molecule has 2 aliphatic rings. The van der Waals surface area contributed by atoms with Crippen LogP contribution in [-0.4, -0.2) is 109 Å². The Bertz CT molecular complexity index is 399. The third-order valence-corrected chi connectivity index (χ3v) is 3.92. The minimum atomic E-state index is -2.26. The summed E-state index contributed by atoms with van der Waals surface area (Å²) in [6.45, 7) is -2.37. The zero-order valence-electron chi connectivity index (χ0n) is 12.3. The Morgan fingerprint density at radius 2 is 1.46 bits per heavy atom. The molecule has 1 radical (unpaired) electrons. The molecule has 0 saturated carbocycles. The fourth-order valence-corrected chi connectivity index (χ4v) is 2.49. The van der Waals surface area contributed by atoms with Crippen molar-refractivity contribution in [2.45, 2.75) is 48.5 Å². The van der Waals surface area contributed by atoms with Gasteiger partial charge in [0.25, 0.3) is 0 Å². The third-order valence-electron chi connectivity index (χ3n) is 3.92. The fourth-order valence-electron chi connectivity index (χ4n) is 2.49. The van der Waals surface area contributed by atoms with E-state index in [1.807, 2.05) is 0 Å². The van der Waals surface area contributed by atoms with Crippen molar-refractivity contribution in [3.05, 3.63) is 6.29 Å². The molecule has 0 spiro atoms. The summed E-state index contributed by atoms with van der Waals surface area (Å²) in [5.74, 6) is -2.26. The van der Waals surface area contributed by atoms with E-state index in [1.165, 1.54) is 0 Å². The Balaban J connectivity index is 0.00000288. The van der Waals surface area contributed by atoms with Crippen molar-refractivity contribution in [3.63, 3.8) is 0 Å². The van der Waals surface area contributed by atoms with E-state index in [4.69, 9.17) is 24.4 Å². The zero-order chi connectivity index (χ0) is 17.4. The summed E-state index contributed by atoms with van der Waals surface area (Å²) in [5, 5.41) is 76.5. The van der Waals surface area contributed by atoms with Gasteiger partial charge in [-0.2, -0.15) is 0 Å².